The molecule has 0 amide bonds. The van der Waals surface area contributed by atoms with Crippen molar-refractivity contribution in [2.75, 3.05) is 21.0 Å². The molecule has 0 aromatic carbocycles. The fraction of sp³-hybridized carbons (Fsp3) is 0.500. The first-order valence-corrected chi connectivity index (χ1v) is 8.74. The average molecular weight is 359 g/mol. The Bertz CT molecular complexity index is 729. The Morgan fingerprint density at radius 3 is 2.96 bits per heavy atom. The lowest BCUT2D eigenvalue weighted by molar-refractivity contribution is -0.123. The van der Waals surface area contributed by atoms with Gasteiger partial charge in [0.1, 0.15) is 11.4 Å². The Labute approximate surface area is 153 Å². The Kier molecular flexibility index (Phi) is 5.32. The Morgan fingerprint density at radius 1 is 1.46 bits per heavy atom. The zero-order chi connectivity index (χ0) is 18.7. The van der Waals surface area contributed by atoms with Gasteiger partial charge in [-0.3, -0.25) is 4.79 Å². The molecule has 6 heteroatoms. The third-order valence-electron chi connectivity index (χ3n) is 5.25. The summed E-state index contributed by atoms with van der Waals surface area (Å²) in [4.78, 5) is 16.6. The van der Waals surface area contributed by atoms with E-state index in [4.69, 9.17) is 18.9 Å². The van der Waals surface area contributed by atoms with Gasteiger partial charge < -0.3 is 18.9 Å². The summed E-state index contributed by atoms with van der Waals surface area (Å²) in [6, 6.07) is 1.92. The van der Waals surface area contributed by atoms with Crippen LogP contribution < -0.4 is 9.47 Å². The number of allylic oxidation sites excluding steroid dienone is 2. The fourth-order valence-corrected chi connectivity index (χ4v) is 3.82. The standard InChI is InChI=1S/C20H25NO5/c1-5-6-15-10-20(18(9-16(15)22)25-12-26-20)13(2)7-14-8-17(23-3)19(24-4)21-11-14/h5,8-9,11,13,15H,1,6-7,10,12H2,2-4H3/t13-,15-,20+/m0/s1. The maximum Gasteiger partial charge on any atom is 0.256 e. The molecule has 1 aromatic rings. The molecule has 3 atom stereocenters. The predicted molar refractivity (Wildman–Crippen MR) is 96.0 cm³/mol. The van der Waals surface area contributed by atoms with E-state index in [1.54, 1.807) is 32.6 Å². The average Bonchev–Trinajstić information content (AvgIpc) is 3.06. The second-order valence-corrected chi connectivity index (χ2v) is 6.79. The third-order valence-corrected chi connectivity index (χ3v) is 5.25. The highest BCUT2D eigenvalue weighted by Crippen LogP contribution is 2.46. The molecule has 0 saturated carbocycles. The minimum absolute atomic E-state index is 0.0843. The molecule has 1 aliphatic carbocycles. The van der Waals surface area contributed by atoms with Gasteiger partial charge in [0.05, 0.1) is 14.2 Å². The van der Waals surface area contributed by atoms with Gasteiger partial charge in [0.25, 0.3) is 5.88 Å². The van der Waals surface area contributed by atoms with Crippen LogP contribution in [0, 0.1) is 11.8 Å². The van der Waals surface area contributed by atoms with Gasteiger partial charge >= 0.3 is 0 Å². The molecule has 0 bridgehead atoms. The van der Waals surface area contributed by atoms with Gasteiger partial charge in [-0.05, 0) is 36.8 Å². The number of rotatable bonds is 7. The van der Waals surface area contributed by atoms with Gasteiger partial charge in [0, 0.05) is 18.2 Å². The molecule has 0 unspecified atom stereocenters. The van der Waals surface area contributed by atoms with Crippen molar-refractivity contribution >= 4 is 5.78 Å². The van der Waals surface area contributed by atoms with Crippen molar-refractivity contribution in [2.24, 2.45) is 11.8 Å². The molecule has 26 heavy (non-hydrogen) atoms. The van der Waals surface area contributed by atoms with Crippen LogP contribution in [0.25, 0.3) is 0 Å². The number of methoxy groups -OCH3 is 2. The zero-order valence-corrected chi connectivity index (χ0v) is 15.5. The van der Waals surface area contributed by atoms with Crippen LogP contribution in [0.2, 0.25) is 0 Å². The van der Waals surface area contributed by atoms with Crippen molar-refractivity contribution in [3.63, 3.8) is 0 Å². The van der Waals surface area contributed by atoms with Crippen molar-refractivity contribution in [3.05, 3.63) is 42.3 Å². The number of carbonyl (C=O) groups is 1. The zero-order valence-electron chi connectivity index (χ0n) is 15.5. The fourth-order valence-electron chi connectivity index (χ4n) is 3.82. The largest absolute Gasteiger partial charge is 0.491 e. The minimum Gasteiger partial charge on any atom is -0.491 e. The number of aromatic nitrogens is 1. The molecule has 6 nitrogen and oxygen atoms in total. The summed E-state index contributed by atoms with van der Waals surface area (Å²) in [5, 5.41) is 0. The van der Waals surface area contributed by atoms with Crippen LogP contribution >= 0.6 is 0 Å². The number of nitrogens with zero attached hydrogens (tertiary/aromatic N) is 1. The molecule has 3 rings (SSSR count). The predicted octanol–water partition coefficient (Wildman–Crippen LogP) is 3.07. The Morgan fingerprint density at radius 2 is 2.27 bits per heavy atom. The number of fused-ring (bicyclic) bond motifs is 1. The summed E-state index contributed by atoms with van der Waals surface area (Å²) in [6.07, 6.45) is 7.12. The summed E-state index contributed by atoms with van der Waals surface area (Å²) in [7, 11) is 3.15. The molecule has 2 aliphatic rings. The number of ether oxygens (including phenoxy) is 4. The smallest absolute Gasteiger partial charge is 0.256 e. The number of hydrogen-bond acceptors (Lipinski definition) is 6. The molecule has 140 valence electrons. The van der Waals surface area contributed by atoms with Crippen LogP contribution in [0.4, 0.5) is 0 Å². The van der Waals surface area contributed by atoms with Crippen LogP contribution in [-0.2, 0) is 20.7 Å². The summed E-state index contributed by atoms with van der Waals surface area (Å²) >= 11 is 0. The van der Waals surface area contributed by atoms with E-state index in [1.165, 1.54) is 0 Å². The minimum atomic E-state index is -0.589. The van der Waals surface area contributed by atoms with Crippen LogP contribution in [-0.4, -0.2) is 37.4 Å². The molecular weight excluding hydrogens is 334 g/mol. The Balaban J connectivity index is 1.86. The normalized spacial score (nSPS) is 25.7. The molecule has 1 fully saturated rings. The van der Waals surface area contributed by atoms with Crippen LogP contribution in [0.15, 0.2) is 36.8 Å². The van der Waals surface area contributed by atoms with Gasteiger partial charge in [-0.15, -0.1) is 6.58 Å². The third kappa shape index (κ3) is 3.21. The lowest BCUT2D eigenvalue weighted by atomic mass is 9.71. The molecule has 1 aromatic heterocycles. The number of carbonyl (C=O) groups excluding carboxylic acids is 1. The van der Waals surface area contributed by atoms with E-state index < -0.39 is 5.60 Å². The first kappa shape index (κ1) is 18.5. The highest BCUT2D eigenvalue weighted by atomic mass is 16.7. The molecule has 0 spiro atoms. The van der Waals surface area contributed by atoms with E-state index in [9.17, 15) is 4.79 Å². The van der Waals surface area contributed by atoms with Crippen molar-refractivity contribution in [3.8, 4) is 11.6 Å². The van der Waals surface area contributed by atoms with Crippen molar-refractivity contribution in [1.82, 2.24) is 4.98 Å². The molecular formula is C20H25NO5. The van der Waals surface area contributed by atoms with E-state index >= 15 is 0 Å². The lowest BCUT2D eigenvalue weighted by Gasteiger charge is -2.38. The van der Waals surface area contributed by atoms with Gasteiger partial charge in [-0.2, -0.15) is 0 Å². The SMILES string of the molecule is C=CC[C@H]1C[C@]2([C@@H](C)Cc3cnc(OC)c(OC)c3)OCOC2=CC1=O. The van der Waals surface area contributed by atoms with E-state index in [0.29, 0.717) is 36.7 Å². The number of ketones is 1. The van der Waals surface area contributed by atoms with E-state index in [0.717, 1.165) is 5.56 Å². The lowest BCUT2D eigenvalue weighted by Crippen LogP contribution is -2.44. The topological polar surface area (TPSA) is 66.9 Å². The van der Waals surface area contributed by atoms with Gasteiger partial charge in [-0.1, -0.05) is 13.0 Å². The van der Waals surface area contributed by atoms with Gasteiger partial charge in [0.15, 0.2) is 18.3 Å². The summed E-state index contributed by atoms with van der Waals surface area (Å²) < 4.78 is 22.2. The summed E-state index contributed by atoms with van der Waals surface area (Å²) in [5.41, 5.74) is 0.422. The first-order chi connectivity index (χ1) is 12.5. The van der Waals surface area contributed by atoms with Gasteiger partial charge in [0.2, 0.25) is 0 Å². The molecule has 1 aliphatic heterocycles. The van der Waals surface area contributed by atoms with Crippen molar-refractivity contribution in [2.45, 2.75) is 31.8 Å². The summed E-state index contributed by atoms with van der Waals surface area (Å²) in [5.74, 6) is 1.75. The van der Waals surface area contributed by atoms with E-state index in [-0.39, 0.29) is 24.4 Å². The maximum atomic E-state index is 12.3. The van der Waals surface area contributed by atoms with E-state index in [1.807, 2.05) is 6.07 Å². The summed E-state index contributed by atoms with van der Waals surface area (Å²) in [6.45, 7) is 6.05. The number of hydrogen-bond donors (Lipinski definition) is 0. The van der Waals surface area contributed by atoms with Crippen molar-refractivity contribution < 1.29 is 23.7 Å². The highest BCUT2D eigenvalue weighted by molar-refractivity contribution is 5.93. The van der Waals surface area contributed by atoms with Crippen LogP contribution in [0.3, 0.4) is 0 Å². The molecule has 1 saturated heterocycles. The number of pyridine rings is 1. The maximum absolute atomic E-state index is 12.3. The monoisotopic (exact) mass is 359 g/mol. The Hall–Kier alpha value is -2.34. The first-order valence-electron chi connectivity index (χ1n) is 8.74. The van der Waals surface area contributed by atoms with Crippen LogP contribution in [0.5, 0.6) is 11.6 Å². The van der Waals surface area contributed by atoms with E-state index in [2.05, 4.69) is 18.5 Å². The highest BCUT2D eigenvalue weighted by Gasteiger charge is 2.51. The van der Waals surface area contributed by atoms with Gasteiger partial charge in [-0.25, -0.2) is 4.98 Å². The molecule has 0 radical (unpaired) electrons. The molecule has 0 N–H and O–H groups in total. The second kappa shape index (κ2) is 7.50. The van der Waals surface area contributed by atoms with Crippen molar-refractivity contribution in [1.29, 1.82) is 0 Å². The van der Waals surface area contributed by atoms with Crippen LogP contribution in [0.1, 0.15) is 25.3 Å². The second-order valence-electron chi connectivity index (χ2n) is 6.79. The molecule has 2 heterocycles. The quantitative estimate of drug-likeness (QED) is 0.697.